The van der Waals surface area contributed by atoms with Gasteiger partial charge in [0.15, 0.2) is 0 Å². The summed E-state index contributed by atoms with van der Waals surface area (Å²) in [6.45, 7) is 3.70. The van der Waals surface area contributed by atoms with Gasteiger partial charge in [0.2, 0.25) is 0 Å². The topological polar surface area (TPSA) is 58.6 Å². The summed E-state index contributed by atoms with van der Waals surface area (Å²) in [6, 6.07) is 0.186. The van der Waals surface area contributed by atoms with Crippen molar-refractivity contribution in [3.8, 4) is 0 Å². The van der Waals surface area contributed by atoms with E-state index in [0.29, 0.717) is 17.8 Å². The summed E-state index contributed by atoms with van der Waals surface area (Å²) in [5.41, 5.74) is 0. The molecule has 98 valence electrons. The zero-order valence-corrected chi connectivity index (χ0v) is 10.7. The minimum absolute atomic E-state index is 0.163. The van der Waals surface area contributed by atoms with Gasteiger partial charge < -0.3 is 15.2 Å². The fourth-order valence-electron chi connectivity index (χ4n) is 3.62. The summed E-state index contributed by atoms with van der Waals surface area (Å²) >= 11 is 0. The Kier molecular flexibility index (Phi) is 4.05. The number of carboxylic acids is 1. The maximum atomic E-state index is 11.3. The molecule has 2 bridgehead atoms. The monoisotopic (exact) mass is 241 g/mol. The second kappa shape index (κ2) is 5.36. The number of ether oxygens (including phenoxy) is 1. The Morgan fingerprint density at radius 1 is 1.47 bits per heavy atom. The van der Waals surface area contributed by atoms with Crippen LogP contribution in [0.15, 0.2) is 0 Å². The van der Waals surface area contributed by atoms with E-state index in [1.54, 1.807) is 7.11 Å². The van der Waals surface area contributed by atoms with Gasteiger partial charge in [-0.15, -0.1) is 0 Å². The Labute approximate surface area is 103 Å². The molecule has 2 aliphatic rings. The lowest BCUT2D eigenvalue weighted by molar-refractivity contribution is -0.144. The molecular formula is C13H23NO3. The molecule has 0 spiro atoms. The molecule has 0 heterocycles. The lowest BCUT2D eigenvalue weighted by atomic mass is 9.84. The van der Waals surface area contributed by atoms with Gasteiger partial charge in [-0.3, -0.25) is 4.79 Å². The van der Waals surface area contributed by atoms with Gasteiger partial charge in [0.1, 0.15) is 0 Å². The molecule has 0 aliphatic heterocycles. The molecule has 0 saturated heterocycles. The molecule has 2 fully saturated rings. The molecule has 2 rings (SSSR count). The second-order valence-electron chi connectivity index (χ2n) is 5.69. The number of nitrogens with one attached hydrogen (secondary N) is 1. The van der Waals surface area contributed by atoms with Crippen molar-refractivity contribution in [3.05, 3.63) is 0 Å². The van der Waals surface area contributed by atoms with Gasteiger partial charge in [-0.25, -0.2) is 0 Å². The second-order valence-corrected chi connectivity index (χ2v) is 5.69. The van der Waals surface area contributed by atoms with Crippen molar-refractivity contribution in [2.45, 2.75) is 32.2 Å². The fourth-order valence-corrected chi connectivity index (χ4v) is 3.62. The van der Waals surface area contributed by atoms with E-state index in [2.05, 4.69) is 12.2 Å². The molecule has 2 N–H and O–H groups in total. The first-order valence-electron chi connectivity index (χ1n) is 6.58. The fraction of sp³-hybridized carbons (Fsp3) is 0.923. The van der Waals surface area contributed by atoms with Crippen LogP contribution in [-0.4, -0.2) is 37.4 Å². The van der Waals surface area contributed by atoms with Gasteiger partial charge in [-0.1, -0.05) is 6.92 Å². The number of hydrogen-bond acceptors (Lipinski definition) is 3. The Balaban J connectivity index is 1.88. The Bertz CT molecular complexity index is 282. The predicted molar refractivity (Wildman–Crippen MR) is 64.8 cm³/mol. The molecule has 0 aromatic heterocycles. The van der Waals surface area contributed by atoms with Crippen molar-refractivity contribution >= 4 is 5.97 Å². The van der Waals surface area contributed by atoms with E-state index < -0.39 is 5.97 Å². The average molecular weight is 241 g/mol. The third-order valence-electron chi connectivity index (χ3n) is 4.35. The van der Waals surface area contributed by atoms with Gasteiger partial charge in [-0.2, -0.15) is 0 Å². The number of hydrogen-bond donors (Lipinski definition) is 2. The van der Waals surface area contributed by atoms with Gasteiger partial charge in [0.05, 0.1) is 5.92 Å². The SMILES string of the molecule is COCC(C)CNC1C2CCC(C2)C1C(=O)O. The average Bonchev–Trinajstić information content (AvgIpc) is 2.86. The van der Waals surface area contributed by atoms with E-state index in [-0.39, 0.29) is 12.0 Å². The zero-order valence-electron chi connectivity index (χ0n) is 10.7. The van der Waals surface area contributed by atoms with Gasteiger partial charge in [0.25, 0.3) is 0 Å². The first-order chi connectivity index (χ1) is 8.13. The first kappa shape index (κ1) is 12.8. The molecule has 4 nitrogen and oxygen atoms in total. The number of carbonyl (C=O) groups is 1. The minimum Gasteiger partial charge on any atom is -0.481 e. The van der Waals surface area contributed by atoms with Crippen molar-refractivity contribution in [1.29, 1.82) is 0 Å². The normalized spacial score (nSPS) is 37.3. The highest BCUT2D eigenvalue weighted by molar-refractivity contribution is 5.72. The van der Waals surface area contributed by atoms with E-state index in [0.717, 1.165) is 26.0 Å². The molecule has 5 atom stereocenters. The van der Waals surface area contributed by atoms with Crippen LogP contribution < -0.4 is 5.32 Å². The van der Waals surface area contributed by atoms with E-state index in [9.17, 15) is 9.90 Å². The minimum atomic E-state index is -0.617. The van der Waals surface area contributed by atoms with Crippen molar-refractivity contribution < 1.29 is 14.6 Å². The number of carboxylic acid groups (broad SMARTS) is 1. The van der Waals surface area contributed by atoms with Crippen LogP contribution >= 0.6 is 0 Å². The number of rotatable bonds is 6. The van der Waals surface area contributed by atoms with E-state index >= 15 is 0 Å². The van der Waals surface area contributed by atoms with Gasteiger partial charge in [0, 0.05) is 26.3 Å². The van der Waals surface area contributed by atoms with Crippen LogP contribution in [0.3, 0.4) is 0 Å². The predicted octanol–water partition coefficient (Wildman–Crippen LogP) is 1.36. The smallest absolute Gasteiger partial charge is 0.308 e. The van der Waals surface area contributed by atoms with Crippen molar-refractivity contribution in [2.75, 3.05) is 20.3 Å². The number of methoxy groups -OCH3 is 1. The third kappa shape index (κ3) is 2.63. The molecule has 2 saturated carbocycles. The molecule has 0 amide bonds. The molecule has 17 heavy (non-hydrogen) atoms. The highest BCUT2D eigenvalue weighted by Gasteiger charge is 2.50. The quantitative estimate of drug-likeness (QED) is 0.737. The maximum absolute atomic E-state index is 11.3. The van der Waals surface area contributed by atoms with Crippen LogP contribution in [0.5, 0.6) is 0 Å². The summed E-state index contributed by atoms with van der Waals surface area (Å²) < 4.78 is 5.10. The number of aliphatic carboxylic acids is 1. The zero-order chi connectivity index (χ0) is 12.4. The lowest BCUT2D eigenvalue weighted by Gasteiger charge is -2.30. The van der Waals surface area contributed by atoms with Crippen molar-refractivity contribution in [1.82, 2.24) is 5.32 Å². The molecule has 5 unspecified atom stereocenters. The van der Waals surface area contributed by atoms with Crippen LogP contribution in [0.4, 0.5) is 0 Å². The van der Waals surface area contributed by atoms with Crippen LogP contribution in [0.1, 0.15) is 26.2 Å². The molecule has 2 aliphatic carbocycles. The van der Waals surface area contributed by atoms with Crippen molar-refractivity contribution in [3.63, 3.8) is 0 Å². The Morgan fingerprint density at radius 3 is 2.82 bits per heavy atom. The van der Waals surface area contributed by atoms with Crippen LogP contribution in [-0.2, 0) is 9.53 Å². The summed E-state index contributed by atoms with van der Waals surface area (Å²) in [6.07, 6.45) is 3.41. The Hall–Kier alpha value is -0.610. The third-order valence-corrected chi connectivity index (χ3v) is 4.35. The molecule has 0 aromatic rings. The molecule has 0 radical (unpaired) electrons. The van der Waals surface area contributed by atoms with Crippen molar-refractivity contribution in [2.24, 2.45) is 23.7 Å². The van der Waals surface area contributed by atoms with E-state index in [1.165, 1.54) is 6.42 Å². The molecule has 0 aromatic carbocycles. The molecular weight excluding hydrogens is 218 g/mol. The van der Waals surface area contributed by atoms with E-state index in [4.69, 9.17) is 4.74 Å². The molecule has 4 heteroatoms. The summed E-state index contributed by atoms with van der Waals surface area (Å²) in [4.78, 5) is 11.3. The highest BCUT2D eigenvalue weighted by atomic mass is 16.5. The van der Waals surface area contributed by atoms with Gasteiger partial charge in [-0.05, 0) is 37.0 Å². The summed E-state index contributed by atoms with van der Waals surface area (Å²) in [7, 11) is 1.70. The standard InChI is InChI=1S/C13H23NO3/c1-8(7-17-2)6-14-12-10-4-3-9(5-10)11(12)13(15)16/h8-12,14H,3-7H2,1-2H3,(H,15,16). The Morgan fingerprint density at radius 2 is 2.18 bits per heavy atom. The van der Waals surface area contributed by atoms with Crippen LogP contribution in [0.2, 0.25) is 0 Å². The van der Waals surface area contributed by atoms with Crippen LogP contribution in [0, 0.1) is 23.7 Å². The van der Waals surface area contributed by atoms with Crippen LogP contribution in [0.25, 0.3) is 0 Å². The highest BCUT2D eigenvalue weighted by Crippen LogP contribution is 2.48. The number of fused-ring (bicyclic) bond motifs is 2. The summed E-state index contributed by atoms with van der Waals surface area (Å²) in [5, 5.41) is 12.8. The maximum Gasteiger partial charge on any atom is 0.308 e. The lowest BCUT2D eigenvalue weighted by Crippen LogP contribution is -2.45. The largest absolute Gasteiger partial charge is 0.481 e. The van der Waals surface area contributed by atoms with E-state index in [1.807, 2.05) is 0 Å². The first-order valence-corrected chi connectivity index (χ1v) is 6.58. The summed E-state index contributed by atoms with van der Waals surface area (Å²) in [5.74, 6) is 0.648. The van der Waals surface area contributed by atoms with Gasteiger partial charge >= 0.3 is 5.97 Å².